The molecular formula is C9H10N2S. The minimum Gasteiger partial charge on any atom is -0.362 e. The maximum absolute atomic E-state index is 4.41. The van der Waals surface area contributed by atoms with Gasteiger partial charge in [-0.1, -0.05) is 23.5 Å². The lowest BCUT2D eigenvalue weighted by Crippen LogP contribution is -1.94. The van der Waals surface area contributed by atoms with Gasteiger partial charge in [-0.3, -0.25) is 0 Å². The van der Waals surface area contributed by atoms with Gasteiger partial charge in [0.2, 0.25) is 0 Å². The first-order valence-electron chi connectivity index (χ1n) is 3.99. The zero-order valence-electron chi connectivity index (χ0n) is 6.87. The second kappa shape index (κ2) is 3.11. The van der Waals surface area contributed by atoms with Crippen LogP contribution in [0.15, 0.2) is 24.3 Å². The maximum Gasteiger partial charge on any atom is 0.183 e. The van der Waals surface area contributed by atoms with Crippen LogP contribution >= 0.6 is 11.3 Å². The predicted molar refractivity (Wildman–Crippen MR) is 53.8 cm³/mol. The van der Waals surface area contributed by atoms with Gasteiger partial charge in [-0.15, -0.1) is 0 Å². The van der Waals surface area contributed by atoms with Crippen molar-refractivity contribution in [2.45, 2.75) is 6.92 Å². The first kappa shape index (κ1) is 7.55. The summed E-state index contributed by atoms with van der Waals surface area (Å²) in [7, 11) is 0. The van der Waals surface area contributed by atoms with Gasteiger partial charge in [0.1, 0.15) is 0 Å². The molecule has 0 bridgehead atoms. The van der Waals surface area contributed by atoms with Crippen LogP contribution in [0.5, 0.6) is 0 Å². The van der Waals surface area contributed by atoms with Crippen LogP contribution < -0.4 is 5.32 Å². The van der Waals surface area contributed by atoms with Crippen molar-refractivity contribution < 1.29 is 0 Å². The molecule has 0 saturated carbocycles. The van der Waals surface area contributed by atoms with Crippen LogP contribution in [0.2, 0.25) is 0 Å². The summed E-state index contributed by atoms with van der Waals surface area (Å²) in [6.07, 6.45) is 0. The second-order valence-corrected chi connectivity index (χ2v) is 3.55. The molecule has 2 nitrogen and oxygen atoms in total. The number of thiazole rings is 1. The number of para-hydroxylation sites is 1. The highest BCUT2D eigenvalue weighted by atomic mass is 32.1. The molecule has 1 aromatic heterocycles. The number of nitrogens with zero attached hydrogens (tertiary/aromatic N) is 1. The highest BCUT2D eigenvalue weighted by Gasteiger charge is 1.99. The Labute approximate surface area is 75.3 Å². The molecule has 2 aromatic rings. The minimum absolute atomic E-state index is 0.930. The number of hydrogen-bond donors (Lipinski definition) is 1. The Hall–Kier alpha value is -1.09. The van der Waals surface area contributed by atoms with E-state index in [0.29, 0.717) is 0 Å². The number of rotatable bonds is 2. The number of benzene rings is 1. The van der Waals surface area contributed by atoms with E-state index in [4.69, 9.17) is 0 Å². The average molecular weight is 178 g/mol. The SMILES string of the molecule is CCNc1nc2ccccc2s1. The van der Waals surface area contributed by atoms with E-state index >= 15 is 0 Å². The van der Waals surface area contributed by atoms with Crippen molar-refractivity contribution in [1.82, 2.24) is 4.98 Å². The summed E-state index contributed by atoms with van der Waals surface area (Å²) in [5.41, 5.74) is 1.08. The van der Waals surface area contributed by atoms with E-state index in [0.717, 1.165) is 17.2 Å². The van der Waals surface area contributed by atoms with Crippen LogP contribution in [-0.2, 0) is 0 Å². The summed E-state index contributed by atoms with van der Waals surface area (Å²) in [4.78, 5) is 4.41. The van der Waals surface area contributed by atoms with Crippen molar-refractivity contribution in [3.63, 3.8) is 0 Å². The smallest absolute Gasteiger partial charge is 0.183 e. The van der Waals surface area contributed by atoms with Crippen molar-refractivity contribution in [1.29, 1.82) is 0 Å². The summed E-state index contributed by atoms with van der Waals surface area (Å²) in [6, 6.07) is 8.18. The van der Waals surface area contributed by atoms with Crippen molar-refractivity contribution in [2.75, 3.05) is 11.9 Å². The van der Waals surface area contributed by atoms with E-state index < -0.39 is 0 Å². The molecule has 0 saturated heterocycles. The number of anilines is 1. The minimum atomic E-state index is 0.930. The molecule has 62 valence electrons. The molecule has 0 aliphatic carbocycles. The molecule has 3 heteroatoms. The highest BCUT2D eigenvalue weighted by molar-refractivity contribution is 7.22. The topological polar surface area (TPSA) is 24.9 Å². The highest BCUT2D eigenvalue weighted by Crippen LogP contribution is 2.24. The van der Waals surface area contributed by atoms with Gasteiger partial charge in [0.25, 0.3) is 0 Å². The molecule has 12 heavy (non-hydrogen) atoms. The standard InChI is InChI=1S/C9H10N2S/c1-2-10-9-11-7-5-3-4-6-8(7)12-9/h3-6H,2H2,1H3,(H,10,11). The second-order valence-electron chi connectivity index (χ2n) is 2.52. The monoisotopic (exact) mass is 178 g/mol. The molecule has 0 unspecified atom stereocenters. The molecule has 0 atom stereocenters. The zero-order valence-corrected chi connectivity index (χ0v) is 7.69. The van der Waals surface area contributed by atoms with E-state index in [1.807, 2.05) is 18.2 Å². The van der Waals surface area contributed by atoms with Gasteiger partial charge < -0.3 is 5.32 Å². The molecule has 1 aromatic carbocycles. The van der Waals surface area contributed by atoms with E-state index in [2.05, 4.69) is 23.3 Å². The molecule has 0 radical (unpaired) electrons. The van der Waals surface area contributed by atoms with Crippen LogP contribution in [0.1, 0.15) is 6.92 Å². The number of hydrogen-bond acceptors (Lipinski definition) is 3. The lowest BCUT2D eigenvalue weighted by Gasteiger charge is -1.91. The van der Waals surface area contributed by atoms with E-state index in [1.54, 1.807) is 11.3 Å². The summed E-state index contributed by atoms with van der Waals surface area (Å²) in [6.45, 7) is 3.01. The Balaban J connectivity index is 2.47. The summed E-state index contributed by atoms with van der Waals surface area (Å²) in [5.74, 6) is 0. The van der Waals surface area contributed by atoms with Crippen LogP contribution in [0, 0.1) is 0 Å². The first-order valence-corrected chi connectivity index (χ1v) is 4.81. The maximum atomic E-state index is 4.41. The van der Waals surface area contributed by atoms with Crippen molar-refractivity contribution in [3.05, 3.63) is 24.3 Å². The van der Waals surface area contributed by atoms with Crippen LogP contribution in [0.3, 0.4) is 0 Å². The molecule has 1 N–H and O–H groups in total. The average Bonchev–Trinajstić information content (AvgIpc) is 2.47. The molecular weight excluding hydrogens is 168 g/mol. The van der Waals surface area contributed by atoms with Gasteiger partial charge in [-0.25, -0.2) is 4.98 Å². The lowest BCUT2D eigenvalue weighted by atomic mass is 10.3. The summed E-state index contributed by atoms with van der Waals surface area (Å²) in [5, 5.41) is 4.22. The molecule has 0 fully saturated rings. The fourth-order valence-electron chi connectivity index (χ4n) is 1.10. The predicted octanol–water partition coefficient (Wildman–Crippen LogP) is 2.73. The molecule has 0 aliphatic heterocycles. The van der Waals surface area contributed by atoms with Crippen LogP contribution in [-0.4, -0.2) is 11.5 Å². The normalized spacial score (nSPS) is 10.4. The fourth-order valence-corrected chi connectivity index (χ4v) is 2.03. The third-order valence-corrected chi connectivity index (χ3v) is 2.62. The Bertz CT molecular complexity index is 348. The Morgan fingerprint density at radius 2 is 2.25 bits per heavy atom. The third kappa shape index (κ3) is 1.28. The number of aromatic nitrogens is 1. The molecule has 1 heterocycles. The van der Waals surface area contributed by atoms with Gasteiger partial charge >= 0.3 is 0 Å². The molecule has 0 amide bonds. The third-order valence-electron chi connectivity index (χ3n) is 1.62. The Morgan fingerprint density at radius 3 is 3.00 bits per heavy atom. The van der Waals surface area contributed by atoms with E-state index in [9.17, 15) is 0 Å². The van der Waals surface area contributed by atoms with Gasteiger partial charge in [0.15, 0.2) is 5.13 Å². The Kier molecular flexibility index (Phi) is 1.96. The summed E-state index contributed by atoms with van der Waals surface area (Å²) < 4.78 is 1.24. The largest absolute Gasteiger partial charge is 0.362 e. The fraction of sp³-hybridized carbons (Fsp3) is 0.222. The van der Waals surface area contributed by atoms with Gasteiger partial charge in [-0.05, 0) is 19.1 Å². The van der Waals surface area contributed by atoms with Gasteiger partial charge in [0.05, 0.1) is 10.2 Å². The van der Waals surface area contributed by atoms with Crippen LogP contribution in [0.4, 0.5) is 5.13 Å². The molecule has 0 aliphatic rings. The Morgan fingerprint density at radius 1 is 1.42 bits per heavy atom. The van der Waals surface area contributed by atoms with Crippen molar-refractivity contribution in [3.8, 4) is 0 Å². The lowest BCUT2D eigenvalue weighted by molar-refractivity contribution is 1.20. The quantitative estimate of drug-likeness (QED) is 0.764. The number of nitrogens with one attached hydrogen (secondary N) is 1. The van der Waals surface area contributed by atoms with E-state index in [-0.39, 0.29) is 0 Å². The van der Waals surface area contributed by atoms with E-state index in [1.165, 1.54) is 4.70 Å². The van der Waals surface area contributed by atoms with Gasteiger partial charge in [0, 0.05) is 6.54 Å². The van der Waals surface area contributed by atoms with Crippen molar-refractivity contribution >= 4 is 26.7 Å². The van der Waals surface area contributed by atoms with Crippen LogP contribution in [0.25, 0.3) is 10.2 Å². The zero-order chi connectivity index (χ0) is 8.39. The van der Waals surface area contributed by atoms with Gasteiger partial charge in [-0.2, -0.15) is 0 Å². The number of fused-ring (bicyclic) bond motifs is 1. The molecule has 0 spiro atoms. The molecule has 2 rings (SSSR count). The van der Waals surface area contributed by atoms with Crippen molar-refractivity contribution in [2.24, 2.45) is 0 Å². The first-order chi connectivity index (χ1) is 5.90. The summed E-state index contributed by atoms with van der Waals surface area (Å²) >= 11 is 1.70.